The van der Waals surface area contributed by atoms with Crippen molar-refractivity contribution in [2.24, 2.45) is 17.8 Å². The van der Waals surface area contributed by atoms with E-state index < -0.39 is 11.8 Å². The van der Waals surface area contributed by atoms with E-state index >= 15 is 0 Å². The van der Waals surface area contributed by atoms with Gasteiger partial charge in [0.25, 0.3) is 0 Å². The molecule has 2 fully saturated rings. The van der Waals surface area contributed by atoms with Gasteiger partial charge < -0.3 is 15.4 Å². The number of carbonyl (C=O) groups is 2. The van der Waals surface area contributed by atoms with Gasteiger partial charge in [-0.3, -0.25) is 9.59 Å². The van der Waals surface area contributed by atoms with Gasteiger partial charge in [0.05, 0.1) is 12.6 Å². The van der Waals surface area contributed by atoms with E-state index in [1.54, 1.807) is 0 Å². The van der Waals surface area contributed by atoms with Gasteiger partial charge in [0, 0.05) is 11.6 Å². The summed E-state index contributed by atoms with van der Waals surface area (Å²) < 4.78 is 5.66. The average molecular weight is 373 g/mol. The van der Waals surface area contributed by atoms with E-state index in [1.807, 2.05) is 45.9 Å². The monoisotopic (exact) mass is 372 g/mol. The molecule has 0 saturated heterocycles. The first-order valence-electron chi connectivity index (χ1n) is 10.2. The highest BCUT2D eigenvalue weighted by Gasteiger charge is 2.42. The minimum atomic E-state index is -0.582. The fraction of sp³-hybridized carbons (Fsp3) is 0.636. The fourth-order valence-corrected chi connectivity index (χ4v) is 4.92. The number of aryl methyl sites for hydroxylation is 1. The maximum absolute atomic E-state index is 12.4. The number of amides is 2. The summed E-state index contributed by atoms with van der Waals surface area (Å²) in [5.41, 5.74) is 1.98. The molecule has 2 bridgehead atoms. The van der Waals surface area contributed by atoms with Crippen molar-refractivity contribution in [1.29, 1.82) is 0 Å². The number of fused-ring (bicyclic) bond motifs is 2. The second kappa shape index (κ2) is 8.32. The van der Waals surface area contributed by atoms with E-state index in [9.17, 15) is 9.59 Å². The zero-order valence-corrected chi connectivity index (χ0v) is 16.9. The Bertz CT molecular complexity index is 703. The van der Waals surface area contributed by atoms with Crippen LogP contribution < -0.4 is 15.4 Å². The van der Waals surface area contributed by atoms with Gasteiger partial charge in [-0.15, -0.1) is 0 Å². The average Bonchev–Trinajstić information content (AvgIpc) is 3.26. The third kappa shape index (κ3) is 4.45. The molecule has 5 atom stereocenters. The van der Waals surface area contributed by atoms with Crippen molar-refractivity contribution in [2.75, 3.05) is 6.61 Å². The van der Waals surface area contributed by atoms with Crippen molar-refractivity contribution in [3.8, 4) is 5.75 Å². The van der Waals surface area contributed by atoms with Crippen molar-refractivity contribution in [2.45, 2.75) is 65.5 Å². The molecule has 2 amide bonds. The molecule has 1 aromatic rings. The normalized spacial score (nSPS) is 25.7. The van der Waals surface area contributed by atoms with Gasteiger partial charge in [-0.25, -0.2) is 0 Å². The van der Waals surface area contributed by atoms with Gasteiger partial charge >= 0.3 is 11.8 Å². The van der Waals surface area contributed by atoms with Crippen molar-refractivity contribution >= 4 is 11.8 Å². The summed E-state index contributed by atoms with van der Waals surface area (Å²) in [6.45, 7) is 8.39. The van der Waals surface area contributed by atoms with Crippen LogP contribution in [0.25, 0.3) is 0 Å². The van der Waals surface area contributed by atoms with Crippen LogP contribution in [0.15, 0.2) is 18.2 Å². The fourth-order valence-electron chi connectivity index (χ4n) is 4.92. The smallest absolute Gasteiger partial charge is 0.309 e. The van der Waals surface area contributed by atoms with E-state index in [0.717, 1.165) is 22.8 Å². The molecular formula is C22H32N2O3. The summed E-state index contributed by atoms with van der Waals surface area (Å²) in [4.78, 5) is 24.8. The lowest BCUT2D eigenvalue weighted by molar-refractivity contribution is -0.140. The molecule has 5 unspecified atom stereocenters. The van der Waals surface area contributed by atoms with Crippen LogP contribution in [0.2, 0.25) is 0 Å². The highest BCUT2D eigenvalue weighted by molar-refractivity contribution is 6.35. The molecule has 5 heteroatoms. The van der Waals surface area contributed by atoms with Crippen LogP contribution in [0.1, 0.15) is 63.6 Å². The van der Waals surface area contributed by atoms with E-state index in [1.165, 1.54) is 25.7 Å². The highest BCUT2D eigenvalue weighted by atomic mass is 16.5. The number of nitrogens with one attached hydrogen (secondary N) is 2. The van der Waals surface area contributed by atoms with Crippen LogP contribution in [-0.4, -0.2) is 24.5 Å². The maximum Gasteiger partial charge on any atom is 0.309 e. The van der Waals surface area contributed by atoms with Crippen molar-refractivity contribution < 1.29 is 14.3 Å². The lowest BCUT2D eigenvalue weighted by Gasteiger charge is -2.28. The Kier molecular flexibility index (Phi) is 6.08. The van der Waals surface area contributed by atoms with Gasteiger partial charge in [-0.2, -0.15) is 0 Å². The third-order valence-electron chi connectivity index (χ3n) is 6.28. The van der Waals surface area contributed by atoms with Crippen LogP contribution >= 0.6 is 0 Å². The predicted octanol–water partition coefficient (Wildman–Crippen LogP) is 3.51. The molecule has 2 aliphatic rings. The molecule has 148 valence electrons. The minimum absolute atomic E-state index is 0.0480. The van der Waals surface area contributed by atoms with Crippen LogP contribution in [0.5, 0.6) is 5.75 Å². The summed E-state index contributed by atoms with van der Waals surface area (Å²) >= 11 is 0. The topological polar surface area (TPSA) is 67.4 Å². The van der Waals surface area contributed by atoms with Crippen LogP contribution in [0, 0.1) is 24.7 Å². The molecule has 0 aliphatic heterocycles. The van der Waals surface area contributed by atoms with E-state index in [4.69, 9.17) is 4.74 Å². The third-order valence-corrected chi connectivity index (χ3v) is 6.28. The second-order valence-corrected chi connectivity index (χ2v) is 8.27. The Morgan fingerprint density at radius 3 is 2.52 bits per heavy atom. The Hall–Kier alpha value is -2.04. The van der Waals surface area contributed by atoms with Crippen LogP contribution in [-0.2, 0) is 9.59 Å². The highest BCUT2D eigenvalue weighted by Crippen LogP contribution is 2.49. The zero-order chi connectivity index (χ0) is 19.6. The van der Waals surface area contributed by atoms with Crippen LogP contribution in [0.3, 0.4) is 0 Å². The number of hydrogen-bond donors (Lipinski definition) is 2. The molecular weight excluding hydrogens is 340 g/mol. The first-order chi connectivity index (χ1) is 12.9. The zero-order valence-electron chi connectivity index (χ0n) is 16.9. The van der Waals surface area contributed by atoms with Crippen LogP contribution in [0.4, 0.5) is 0 Å². The summed E-state index contributed by atoms with van der Waals surface area (Å²) in [6, 6.07) is 5.63. The summed E-state index contributed by atoms with van der Waals surface area (Å²) in [6.07, 6.45) is 5.08. The number of carbonyl (C=O) groups excluding carboxylic acids is 2. The lowest BCUT2D eigenvalue weighted by atomic mass is 9.84. The minimum Gasteiger partial charge on any atom is -0.494 e. The first-order valence-corrected chi connectivity index (χ1v) is 10.2. The molecule has 2 aliphatic carbocycles. The molecule has 0 radical (unpaired) electrons. The Morgan fingerprint density at radius 2 is 1.89 bits per heavy atom. The van der Waals surface area contributed by atoms with E-state index in [-0.39, 0.29) is 12.1 Å². The Balaban J connectivity index is 1.58. The predicted molar refractivity (Wildman–Crippen MR) is 105 cm³/mol. The lowest BCUT2D eigenvalue weighted by Crippen LogP contribution is -2.47. The molecule has 0 heterocycles. The molecule has 0 aromatic heterocycles. The molecule has 5 nitrogen and oxygen atoms in total. The Labute approximate surface area is 162 Å². The quantitative estimate of drug-likeness (QED) is 0.751. The maximum atomic E-state index is 12.4. The van der Waals surface area contributed by atoms with Crippen molar-refractivity contribution in [1.82, 2.24) is 10.6 Å². The molecule has 1 aromatic carbocycles. The number of rotatable bonds is 6. The van der Waals surface area contributed by atoms with Gasteiger partial charge in [-0.1, -0.05) is 24.1 Å². The standard InChI is InChI=1S/C22H32N2O3/c1-5-27-20-9-6-13(2)10-19(20)15(4)24-22(26)21(25)23-14(3)18-12-16-7-8-17(18)11-16/h6,9-10,14-18H,5,7-8,11-12H2,1-4H3,(H,23,25)(H,24,26). The molecule has 2 N–H and O–H groups in total. The molecule has 3 rings (SSSR count). The SMILES string of the molecule is CCOc1ccc(C)cc1C(C)NC(=O)C(=O)NC(C)C1CC2CCC1C2. The summed E-state index contributed by atoms with van der Waals surface area (Å²) in [5, 5.41) is 5.75. The van der Waals surface area contributed by atoms with E-state index in [0.29, 0.717) is 18.4 Å². The number of benzene rings is 1. The van der Waals surface area contributed by atoms with Gasteiger partial charge in [0.2, 0.25) is 0 Å². The summed E-state index contributed by atoms with van der Waals surface area (Å²) in [5.74, 6) is 1.68. The Morgan fingerprint density at radius 1 is 1.15 bits per heavy atom. The number of hydrogen-bond acceptors (Lipinski definition) is 3. The molecule has 27 heavy (non-hydrogen) atoms. The van der Waals surface area contributed by atoms with Crippen molar-refractivity contribution in [3.05, 3.63) is 29.3 Å². The first kappa shape index (κ1) is 19.7. The van der Waals surface area contributed by atoms with Gasteiger partial charge in [-0.05, 0) is 70.8 Å². The summed E-state index contributed by atoms with van der Waals surface area (Å²) in [7, 11) is 0. The van der Waals surface area contributed by atoms with Gasteiger partial charge in [0.15, 0.2) is 0 Å². The van der Waals surface area contributed by atoms with Gasteiger partial charge in [0.1, 0.15) is 5.75 Å². The molecule has 0 spiro atoms. The van der Waals surface area contributed by atoms with Crippen molar-refractivity contribution in [3.63, 3.8) is 0 Å². The molecule has 2 saturated carbocycles. The largest absolute Gasteiger partial charge is 0.494 e. The van der Waals surface area contributed by atoms with E-state index in [2.05, 4.69) is 10.6 Å². The second-order valence-electron chi connectivity index (χ2n) is 8.27. The number of ether oxygens (including phenoxy) is 1.